The number of ether oxygens (including phenoxy) is 3. The molecule has 1 aliphatic carbocycles. The van der Waals surface area contributed by atoms with Crippen LogP contribution >= 0.6 is 0 Å². The quantitative estimate of drug-likeness (QED) is 0.618. The predicted octanol–water partition coefficient (Wildman–Crippen LogP) is 3.37. The summed E-state index contributed by atoms with van der Waals surface area (Å²) in [5, 5.41) is 1.04. The SMILES string of the molecule is O=c1oc2c3c(ccc2c2c1CCC2)OCN(c1ccc2c(c1)OCO2)C3. The summed E-state index contributed by atoms with van der Waals surface area (Å²) in [7, 11) is 0. The maximum absolute atomic E-state index is 12.4. The van der Waals surface area contributed by atoms with Crippen LogP contribution in [0.1, 0.15) is 23.1 Å². The van der Waals surface area contributed by atoms with Gasteiger partial charge in [-0.05, 0) is 49.1 Å². The van der Waals surface area contributed by atoms with Crippen LogP contribution in [0, 0.1) is 0 Å². The van der Waals surface area contributed by atoms with E-state index in [1.165, 1.54) is 0 Å². The van der Waals surface area contributed by atoms with Gasteiger partial charge in [0.2, 0.25) is 6.79 Å². The molecule has 0 fully saturated rings. The maximum Gasteiger partial charge on any atom is 0.339 e. The molecule has 2 aliphatic heterocycles. The highest BCUT2D eigenvalue weighted by Gasteiger charge is 2.26. The third kappa shape index (κ3) is 2.16. The molecule has 136 valence electrons. The van der Waals surface area contributed by atoms with Gasteiger partial charge in [-0.3, -0.25) is 0 Å². The van der Waals surface area contributed by atoms with Crippen molar-refractivity contribution in [3.63, 3.8) is 0 Å². The van der Waals surface area contributed by atoms with Gasteiger partial charge in [-0.25, -0.2) is 4.79 Å². The van der Waals surface area contributed by atoms with Crippen LogP contribution in [0.4, 0.5) is 5.69 Å². The van der Waals surface area contributed by atoms with Crippen LogP contribution in [0.25, 0.3) is 11.0 Å². The lowest BCUT2D eigenvalue weighted by Crippen LogP contribution is -2.32. The van der Waals surface area contributed by atoms with Gasteiger partial charge in [-0.2, -0.15) is 0 Å². The largest absolute Gasteiger partial charge is 0.473 e. The zero-order valence-corrected chi connectivity index (χ0v) is 14.6. The van der Waals surface area contributed by atoms with Crippen molar-refractivity contribution in [1.29, 1.82) is 0 Å². The lowest BCUT2D eigenvalue weighted by Gasteiger charge is -2.31. The molecule has 2 aromatic carbocycles. The standard InChI is InChI=1S/C21H17NO5/c23-21-15-3-1-2-13(15)14-5-7-17-16(20(14)27-21)9-22(10-24-17)12-4-6-18-19(8-12)26-11-25-18/h4-8H,1-3,9-11H2. The minimum atomic E-state index is -0.205. The smallest absolute Gasteiger partial charge is 0.339 e. The molecule has 0 bridgehead atoms. The molecule has 3 heterocycles. The molecule has 6 nitrogen and oxygen atoms in total. The Balaban J connectivity index is 1.46. The fraction of sp³-hybridized carbons (Fsp3) is 0.286. The highest BCUT2D eigenvalue weighted by atomic mass is 16.7. The van der Waals surface area contributed by atoms with E-state index in [-0.39, 0.29) is 12.4 Å². The highest BCUT2D eigenvalue weighted by Crippen LogP contribution is 2.39. The topological polar surface area (TPSA) is 61.1 Å². The van der Waals surface area contributed by atoms with Crippen molar-refractivity contribution >= 4 is 16.7 Å². The van der Waals surface area contributed by atoms with E-state index in [2.05, 4.69) is 4.90 Å². The second kappa shape index (κ2) is 5.42. The number of rotatable bonds is 1. The molecule has 0 amide bonds. The second-order valence-corrected chi connectivity index (χ2v) is 7.13. The number of fused-ring (bicyclic) bond motifs is 6. The first kappa shape index (κ1) is 15.0. The van der Waals surface area contributed by atoms with Gasteiger partial charge in [0.05, 0.1) is 12.1 Å². The van der Waals surface area contributed by atoms with Crippen LogP contribution in [-0.2, 0) is 19.4 Å². The lowest BCUT2D eigenvalue weighted by atomic mass is 10.0. The van der Waals surface area contributed by atoms with Gasteiger partial charge in [-0.15, -0.1) is 0 Å². The Bertz CT molecular complexity index is 1150. The Morgan fingerprint density at radius 2 is 1.70 bits per heavy atom. The van der Waals surface area contributed by atoms with Gasteiger partial charge in [-0.1, -0.05) is 0 Å². The Morgan fingerprint density at radius 3 is 2.67 bits per heavy atom. The van der Waals surface area contributed by atoms with E-state index in [1.54, 1.807) is 0 Å². The fourth-order valence-electron chi connectivity index (χ4n) is 4.30. The Labute approximate surface area is 154 Å². The number of nitrogens with zero attached hydrogens (tertiary/aromatic N) is 1. The number of hydrogen-bond acceptors (Lipinski definition) is 6. The molecular formula is C21H17NO5. The summed E-state index contributed by atoms with van der Waals surface area (Å²) in [5.74, 6) is 2.27. The zero-order valence-electron chi connectivity index (χ0n) is 14.6. The molecule has 3 aliphatic rings. The molecule has 1 aromatic heterocycles. The zero-order chi connectivity index (χ0) is 18.0. The van der Waals surface area contributed by atoms with Crippen LogP contribution in [-0.4, -0.2) is 13.5 Å². The summed E-state index contributed by atoms with van der Waals surface area (Å²) in [4.78, 5) is 14.5. The summed E-state index contributed by atoms with van der Waals surface area (Å²) < 4.78 is 22.6. The van der Waals surface area contributed by atoms with Gasteiger partial charge in [0.25, 0.3) is 0 Å². The van der Waals surface area contributed by atoms with Crippen molar-refractivity contribution < 1.29 is 18.6 Å². The third-order valence-corrected chi connectivity index (χ3v) is 5.65. The normalized spacial score (nSPS) is 17.0. The van der Waals surface area contributed by atoms with E-state index < -0.39 is 0 Å². The second-order valence-electron chi connectivity index (χ2n) is 7.13. The van der Waals surface area contributed by atoms with Crippen molar-refractivity contribution in [1.82, 2.24) is 0 Å². The first-order valence-corrected chi connectivity index (χ1v) is 9.16. The molecule has 3 aromatic rings. The van der Waals surface area contributed by atoms with Crippen LogP contribution in [0.15, 0.2) is 39.5 Å². The highest BCUT2D eigenvalue weighted by molar-refractivity contribution is 5.87. The summed E-state index contributed by atoms with van der Waals surface area (Å²) in [6.45, 7) is 1.28. The average molecular weight is 363 g/mol. The van der Waals surface area contributed by atoms with E-state index >= 15 is 0 Å². The summed E-state index contributed by atoms with van der Waals surface area (Å²) >= 11 is 0. The molecule has 27 heavy (non-hydrogen) atoms. The van der Waals surface area contributed by atoms with Crippen molar-refractivity contribution in [3.8, 4) is 17.2 Å². The van der Waals surface area contributed by atoms with E-state index in [1.807, 2.05) is 30.3 Å². The monoisotopic (exact) mass is 363 g/mol. The average Bonchev–Trinajstić information content (AvgIpc) is 3.37. The minimum absolute atomic E-state index is 0.205. The van der Waals surface area contributed by atoms with E-state index in [4.69, 9.17) is 18.6 Å². The van der Waals surface area contributed by atoms with Gasteiger partial charge >= 0.3 is 5.63 Å². The van der Waals surface area contributed by atoms with Crippen LogP contribution in [0.2, 0.25) is 0 Å². The molecule has 0 saturated heterocycles. The Morgan fingerprint density at radius 1 is 0.852 bits per heavy atom. The van der Waals surface area contributed by atoms with Crippen molar-refractivity contribution in [2.45, 2.75) is 25.8 Å². The van der Waals surface area contributed by atoms with E-state index in [9.17, 15) is 4.79 Å². The van der Waals surface area contributed by atoms with Crippen molar-refractivity contribution in [3.05, 3.63) is 57.4 Å². The molecule has 0 N–H and O–H groups in total. The Hall–Kier alpha value is -3.15. The molecule has 0 atom stereocenters. The molecule has 0 unspecified atom stereocenters. The predicted molar refractivity (Wildman–Crippen MR) is 98.8 cm³/mol. The summed E-state index contributed by atoms with van der Waals surface area (Å²) in [6.07, 6.45) is 2.75. The lowest BCUT2D eigenvalue weighted by molar-refractivity contribution is 0.174. The third-order valence-electron chi connectivity index (χ3n) is 5.65. The van der Waals surface area contributed by atoms with Crippen molar-refractivity contribution in [2.24, 2.45) is 0 Å². The fourth-order valence-corrected chi connectivity index (χ4v) is 4.30. The Kier molecular flexibility index (Phi) is 3.01. The van der Waals surface area contributed by atoms with Gasteiger partial charge < -0.3 is 23.5 Å². The number of anilines is 1. The van der Waals surface area contributed by atoms with Crippen molar-refractivity contribution in [2.75, 3.05) is 18.4 Å². The number of benzene rings is 2. The minimum Gasteiger partial charge on any atom is -0.473 e. The van der Waals surface area contributed by atoms with E-state index in [0.29, 0.717) is 18.9 Å². The molecule has 0 saturated carbocycles. The number of aryl methyl sites for hydroxylation is 1. The molecule has 0 radical (unpaired) electrons. The van der Waals surface area contributed by atoms with Crippen LogP contribution in [0.5, 0.6) is 17.2 Å². The molecular weight excluding hydrogens is 346 g/mol. The van der Waals surface area contributed by atoms with Crippen LogP contribution < -0.4 is 24.7 Å². The van der Waals surface area contributed by atoms with Gasteiger partial charge in [0.1, 0.15) is 11.3 Å². The van der Waals surface area contributed by atoms with Gasteiger partial charge in [0, 0.05) is 22.7 Å². The first-order chi connectivity index (χ1) is 13.3. The van der Waals surface area contributed by atoms with E-state index in [0.717, 1.165) is 64.3 Å². The first-order valence-electron chi connectivity index (χ1n) is 9.16. The summed E-state index contributed by atoms with van der Waals surface area (Å²) in [6, 6.07) is 9.87. The number of hydrogen-bond donors (Lipinski definition) is 0. The molecule has 0 spiro atoms. The maximum atomic E-state index is 12.4. The van der Waals surface area contributed by atoms with Gasteiger partial charge in [0.15, 0.2) is 18.2 Å². The molecule has 6 heteroatoms. The molecule has 6 rings (SSSR count). The van der Waals surface area contributed by atoms with Crippen LogP contribution in [0.3, 0.4) is 0 Å². The summed E-state index contributed by atoms with van der Waals surface area (Å²) in [5.41, 5.74) is 4.33.